The van der Waals surface area contributed by atoms with Crippen LogP contribution in [0.25, 0.3) is 0 Å². The molecule has 0 spiro atoms. The van der Waals surface area contributed by atoms with Gasteiger partial charge in [0.05, 0.1) is 6.42 Å². The minimum absolute atomic E-state index is 0.0168. The van der Waals surface area contributed by atoms with E-state index in [0.29, 0.717) is 0 Å². The number of sulfonamides is 1. The lowest BCUT2D eigenvalue weighted by atomic mass is 9.82. The topological polar surface area (TPSA) is 137 Å². The first-order chi connectivity index (χ1) is 16.8. The van der Waals surface area contributed by atoms with Crippen molar-refractivity contribution >= 4 is 39.1 Å². The lowest BCUT2D eigenvalue weighted by Gasteiger charge is -2.33. The quantitative estimate of drug-likeness (QED) is 0.544. The number of thiophene rings is 1. The van der Waals surface area contributed by atoms with E-state index in [2.05, 4.69) is 10.3 Å². The minimum Gasteiger partial charge on any atom is -0.481 e. The van der Waals surface area contributed by atoms with Gasteiger partial charge in [0.25, 0.3) is 21.8 Å². The van der Waals surface area contributed by atoms with E-state index in [9.17, 15) is 27.9 Å². The highest BCUT2D eigenvalue weighted by atomic mass is 32.2. The highest BCUT2D eigenvalue weighted by molar-refractivity contribution is 7.91. The number of amides is 2. The highest BCUT2D eigenvalue weighted by Gasteiger charge is 2.47. The van der Waals surface area contributed by atoms with E-state index in [1.54, 1.807) is 11.4 Å². The van der Waals surface area contributed by atoms with Crippen molar-refractivity contribution in [3.05, 3.63) is 47.6 Å². The molecular formula is C23H28N4O6S2. The van der Waals surface area contributed by atoms with E-state index in [-0.39, 0.29) is 35.2 Å². The van der Waals surface area contributed by atoms with E-state index < -0.39 is 40.0 Å². The van der Waals surface area contributed by atoms with Crippen LogP contribution in [0.2, 0.25) is 0 Å². The van der Waals surface area contributed by atoms with Gasteiger partial charge in [-0.3, -0.25) is 19.4 Å². The van der Waals surface area contributed by atoms with Crippen LogP contribution in [0.15, 0.2) is 46.2 Å². The summed E-state index contributed by atoms with van der Waals surface area (Å²) < 4.78 is 27.9. The summed E-state index contributed by atoms with van der Waals surface area (Å²) in [4.78, 5) is 43.6. The van der Waals surface area contributed by atoms with Crippen molar-refractivity contribution in [1.29, 1.82) is 0 Å². The molecule has 2 atom stereocenters. The van der Waals surface area contributed by atoms with Crippen LogP contribution >= 0.6 is 11.3 Å². The number of rotatable bonds is 8. The molecule has 1 aliphatic carbocycles. The molecule has 0 aromatic carbocycles. The van der Waals surface area contributed by atoms with Crippen LogP contribution in [0.5, 0.6) is 0 Å². The Morgan fingerprint density at radius 2 is 1.83 bits per heavy atom. The van der Waals surface area contributed by atoms with Crippen molar-refractivity contribution in [3.8, 4) is 0 Å². The summed E-state index contributed by atoms with van der Waals surface area (Å²) in [5.41, 5.74) is 0.280. The number of carboxylic acids is 1. The molecule has 3 heterocycles. The molecule has 10 nitrogen and oxygen atoms in total. The second-order valence-electron chi connectivity index (χ2n) is 8.77. The van der Waals surface area contributed by atoms with Gasteiger partial charge in [0.15, 0.2) is 6.17 Å². The first-order valence-corrected chi connectivity index (χ1v) is 13.9. The Morgan fingerprint density at radius 3 is 2.46 bits per heavy atom. The third kappa shape index (κ3) is 5.54. The average Bonchev–Trinajstić information content (AvgIpc) is 3.55. The highest BCUT2D eigenvalue weighted by Crippen LogP contribution is 2.31. The number of nitrogens with one attached hydrogen (secondary N) is 1. The molecule has 1 aliphatic heterocycles. The van der Waals surface area contributed by atoms with Gasteiger partial charge in [-0.15, -0.1) is 11.3 Å². The number of aliphatic carboxylic acids is 1. The summed E-state index contributed by atoms with van der Waals surface area (Å²) in [5.74, 6) is -2.25. The Hall–Kier alpha value is -2.83. The molecule has 1 saturated carbocycles. The van der Waals surface area contributed by atoms with Crippen molar-refractivity contribution in [2.75, 3.05) is 13.1 Å². The fourth-order valence-electron chi connectivity index (χ4n) is 4.85. The summed E-state index contributed by atoms with van der Waals surface area (Å²) in [7, 11) is -4.05. The Kier molecular flexibility index (Phi) is 7.82. The fraction of sp³-hybridized carbons (Fsp3) is 0.478. The minimum atomic E-state index is -4.05. The standard InChI is InChI=1S/C23H28N4O6S2/c28-19(29)15-18(16-5-2-1-3-6-16)25-21(30)22-26(23(31)17-8-10-24-11-9-17)12-13-27(22)35(32,33)20-7-4-14-34-20/h4,7-11,14,16,18,22H,1-3,5-6,12-13,15H2,(H,25,30)(H,28,29). The van der Waals surface area contributed by atoms with Crippen LogP contribution in [0, 0.1) is 5.92 Å². The van der Waals surface area contributed by atoms with Gasteiger partial charge in [-0.1, -0.05) is 25.3 Å². The second kappa shape index (κ2) is 10.8. The summed E-state index contributed by atoms with van der Waals surface area (Å²) in [6.45, 7) is -0.0287. The van der Waals surface area contributed by atoms with Crippen molar-refractivity contribution in [1.82, 2.24) is 19.5 Å². The monoisotopic (exact) mass is 520 g/mol. The molecule has 1 saturated heterocycles. The smallest absolute Gasteiger partial charge is 0.305 e. The fourth-order valence-corrected chi connectivity index (χ4v) is 7.51. The van der Waals surface area contributed by atoms with Crippen LogP contribution in [-0.4, -0.2) is 70.8 Å². The average molecular weight is 521 g/mol. The summed E-state index contributed by atoms with van der Waals surface area (Å²) in [5, 5.41) is 13.9. The first kappa shape index (κ1) is 25.3. The van der Waals surface area contributed by atoms with Gasteiger partial charge in [-0.2, -0.15) is 4.31 Å². The summed E-state index contributed by atoms with van der Waals surface area (Å²) in [6, 6.07) is 5.42. The number of hydrogen-bond donors (Lipinski definition) is 2. The van der Waals surface area contributed by atoms with Crippen LogP contribution in [0.1, 0.15) is 48.9 Å². The third-order valence-electron chi connectivity index (χ3n) is 6.55. The molecule has 2 N–H and O–H groups in total. The van der Waals surface area contributed by atoms with Gasteiger partial charge >= 0.3 is 5.97 Å². The van der Waals surface area contributed by atoms with Crippen LogP contribution < -0.4 is 5.32 Å². The Labute approximate surface area is 208 Å². The van der Waals surface area contributed by atoms with Gasteiger partial charge in [-0.05, 0) is 42.3 Å². The van der Waals surface area contributed by atoms with Crippen molar-refractivity contribution < 1.29 is 27.9 Å². The molecular weight excluding hydrogens is 492 g/mol. The SMILES string of the molecule is O=C(O)CC(NC(=O)C1N(C(=O)c2ccncc2)CCN1S(=O)(=O)c1cccs1)C1CCCCC1. The molecule has 2 aromatic rings. The normalized spacial score (nSPS) is 20.5. The predicted molar refractivity (Wildman–Crippen MR) is 128 cm³/mol. The Morgan fingerprint density at radius 1 is 1.11 bits per heavy atom. The maximum atomic E-state index is 13.6. The number of carboxylic acid groups (broad SMARTS) is 1. The molecule has 12 heteroatoms. The third-order valence-corrected chi connectivity index (χ3v) is 9.78. The lowest BCUT2D eigenvalue weighted by Crippen LogP contribution is -2.56. The maximum absolute atomic E-state index is 13.6. The molecule has 2 aliphatic rings. The zero-order valence-corrected chi connectivity index (χ0v) is 20.7. The van der Waals surface area contributed by atoms with Crippen LogP contribution in [0.3, 0.4) is 0 Å². The molecule has 2 unspecified atom stereocenters. The van der Waals surface area contributed by atoms with E-state index in [1.165, 1.54) is 35.5 Å². The van der Waals surface area contributed by atoms with E-state index in [1.807, 2.05) is 0 Å². The van der Waals surface area contributed by atoms with Gasteiger partial charge in [0, 0.05) is 37.1 Å². The number of carbonyl (C=O) groups is 3. The molecule has 0 bridgehead atoms. The summed E-state index contributed by atoms with van der Waals surface area (Å²) in [6.07, 6.45) is 5.75. The predicted octanol–water partition coefficient (Wildman–Crippen LogP) is 2.16. The Bertz CT molecular complexity index is 1150. The number of nitrogens with zero attached hydrogens (tertiary/aromatic N) is 3. The number of pyridine rings is 1. The molecule has 35 heavy (non-hydrogen) atoms. The Balaban J connectivity index is 1.65. The molecule has 2 fully saturated rings. The van der Waals surface area contributed by atoms with Crippen molar-refractivity contribution in [2.45, 2.75) is 54.9 Å². The first-order valence-electron chi connectivity index (χ1n) is 11.6. The molecule has 4 rings (SSSR count). The molecule has 2 aromatic heterocycles. The van der Waals surface area contributed by atoms with Gasteiger partial charge < -0.3 is 15.3 Å². The maximum Gasteiger partial charge on any atom is 0.305 e. The second-order valence-corrected chi connectivity index (χ2v) is 11.8. The number of carbonyl (C=O) groups excluding carboxylic acids is 2. The van der Waals surface area contributed by atoms with Crippen LogP contribution in [0.4, 0.5) is 0 Å². The largest absolute Gasteiger partial charge is 0.481 e. The van der Waals surface area contributed by atoms with E-state index in [0.717, 1.165) is 47.7 Å². The number of hydrogen-bond acceptors (Lipinski definition) is 7. The number of aromatic nitrogens is 1. The molecule has 0 radical (unpaired) electrons. The van der Waals surface area contributed by atoms with Gasteiger partial charge in [-0.25, -0.2) is 8.42 Å². The van der Waals surface area contributed by atoms with Gasteiger partial charge in [0.1, 0.15) is 4.21 Å². The molecule has 2 amide bonds. The van der Waals surface area contributed by atoms with Crippen molar-refractivity contribution in [3.63, 3.8) is 0 Å². The summed E-state index contributed by atoms with van der Waals surface area (Å²) >= 11 is 1.03. The van der Waals surface area contributed by atoms with Crippen LogP contribution in [-0.2, 0) is 19.6 Å². The molecule has 188 valence electrons. The lowest BCUT2D eigenvalue weighted by molar-refractivity contribution is -0.138. The zero-order valence-electron chi connectivity index (χ0n) is 19.1. The van der Waals surface area contributed by atoms with E-state index in [4.69, 9.17) is 0 Å². The van der Waals surface area contributed by atoms with Crippen molar-refractivity contribution in [2.24, 2.45) is 5.92 Å². The van der Waals surface area contributed by atoms with Gasteiger partial charge in [0.2, 0.25) is 0 Å². The zero-order chi connectivity index (χ0) is 25.0. The van der Waals surface area contributed by atoms with E-state index >= 15 is 0 Å².